The number of halogens is 3. The molecule has 0 spiro atoms. The second-order valence-corrected chi connectivity index (χ2v) is 6.82. The maximum atomic E-state index is 13.0. The lowest BCUT2D eigenvalue weighted by Crippen LogP contribution is -2.45. The van der Waals surface area contributed by atoms with E-state index in [1.807, 2.05) is 36.2 Å². The Kier molecular flexibility index (Phi) is 4.18. The van der Waals surface area contributed by atoms with Gasteiger partial charge in [0, 0.05) is 37.7 Å². The van der Waals surface area contributed by atoms with E-state index in [9.17, 15) is 18.0 Å². The number of rotatable bonds is 2. The van der Waals surface area contributed by atoms with Crippen LogP contribution in [0.25, 0.3) is 5.69 Å². The lowest BCUT2D eigenvalue weighted by Gasteiger charge is -2.41. The zero-order chi connectivity index (χ0) is 20.1. The van der Waals surface area contributed by atoms with Gasteiger partial charge in [0.05, 0.1) is 16.8 Å². The van der Waals surface area contributed by atoms with Crippen LogP contribution in [-0.4, -0.2) is 29.5 Å². The fourth-order valence-electron chi connectivity index (χ4n) is 3.67. The smallest absolute Gasteiger partial charge is 0.350 e. The lowest BCUT2D eigenvalue weighted by molar-refractivity contribution is -0.137. The summed E-state index contributed by atoms with van der Waals surface area (Å²) in [6.45, 7) is 0. The van der Waals surface area contributed by atoms with Crippen molar-refractivity contribution in [1.82, 2.24) is 9.47 Å². The molecule has 0 aliphatic carbocycles. The van der Waals surface area contributed by atoms with Crippen molar-refractivity contribution < 1.29 is 18.0 Å². The molecule has 3 aromatic rings. The Labute approximate surface area is 160 Å². The summed E-state index contributed by atoms with van der Waals surface area (Å²) in [6.07, 6.45) is -1.29. The highest BCUT2D eigenvalue weighted by Gasteiger charge is 2.35. The van der Waals surface area contributed by atoms with Crippen LogP contribution in [0.1, 0.15) is 27.7 Å². The van der Waals surface area contributed by atoms with Gasteiger partial charge in [0.2, 0.25) is 0 Å². The van der Waals surface area contributed by atoms with Crippen molar-refractivity contribution in [3.05, 3.63) is 83.7 Å². The fourth-order valence-corrected chi connectivity index (χ4v) is 3.67. The molecule has 1 aliphatic heterocycles. The topological polar surface area (TPSA) is 28.5 Å². The molecule has 144 valence electrons. The van der Waals surface area contributed by atoms with Crippen LogP contribution in [0, 0.1) is 0 Å². The summed E-state index contributed by atoms with van der Waals surface area (Å²) < 4.78 is 40.7. The van der Waals surface area contributed by atoms with Gasteiger partial charge >= 0.3 is 6.18 Å². The molecule has 7 heteroatoms. The maximum Gasteiger partial charge on any atom is 0.416 e. The Morgan fingerprint density at radius 1 is 0.929 bits per heavy atom. The van der Waals surface area contributed by atoms with E-state index in [0.29, 0.717) is 11.3 Å². The number of anilines is 1. The molecule has 1 amide bonds. The van der Waals surface area contributed by atoms with Gasteiger partial charge in [-0.2, -0.15) is 13.2 Å². The van der Waals surface area contributed by atoms with Crippen LogP contribution in [0.3, 0.4) is 0 Å². The number of carbonyl (C=O) groups excluding carboxylic acids is 1. The van der Waals surface area contributed by atoms with Gasteiger partial charge in [0.25, 0.3) is 5.91 Å². The van der Waals surface area contributed by atoms with Gasteiger partial charge in [-0.1, -0.05) is 18.2 Å². The highest BCUT2D eigenvalue weighted by molar-refractivity contribution is 6.01. The van der Waals surface area contributed by atoms with Crippen molar-refractivity contribution in [3.63, 3.8) is 0 Å². The molecule has 1 atom stereocenters. The van der Waals surface area contributed by atoms with Crippen LogP contribution in [0.4, 0.5) is 18.9 Å². The zero-order valence-corrected chi connectivity index (χ0v) is 15.3. The Balaban J connectivity index is 1.71. The average molecular weight is 385 g/mol. The van der Waals surface area contributed by atoms with Gasteiger partial charge < -0.3 is 14.4 Å². The highest BCUT2D eigenvalue weighted by atomic mass is 19.4. The van der Waals surface area contributed by atoms with Crippen molar-refractivity contribution in [2.24, 2.45) is 0 Å². The quantitative estimate of drug-likeness (QED) is 0.639. The van der Waals surface area contributed by atoms with Crippen LogP contribution in [0.15, 0.2) is 67.0 Å². The number of amides is 1. The third-order valence-electron chi connectivity index (χ3n) is 5.05. The highest BCUT2D eigenvalue weighted by Crippen LogP contribution is 2.37. The van der Waals surface area contributed by atoms with E-state index in [2.05, 4.69) is 0 Å². The number of fused-ring (bicyclic) bond motifs is 1. The molecule has 2 aromatic carbocycles. The van der Waals surface area contributed by atoms with Crippen molar-refractivity contribution in [3.8, 4) is 5.69 Å². The number of carbonyl (C=O) groups is 1. The minimum atomic E-state index is -4.40. The largest absolute Gasteiger partial charge is 0.416 e. The van der Waals surface area contributed by atoms with Crippen molar-refractivity contribution in [1.29, 1.82) is 0 Å². The molecule has 4 nitrogen and oxygen atoms in total. The van der Waals surface area contributed by atoms with Gasteiger partial charge in [-0.25, -0.2) is 0 Å². The first kappa shape index (κ1) is 18.2. The van der Waals surface area contributed by atoms with Crippen molar-refractivity contribution >= 4 is 11.6 Å². The number of para-hydroxylation sites is 1. The monoisotopic (exact) mass is 385 g/mol. The van der Waals surface area contributed by atoms with E-state index in [-0.39, 0.29) is 12.1 Å². The number of benzene rings is 2. The molecule has 4 rings (SSSR count). The minimum absolute atomic E-state index is 0.0921. The molecule has 0 saturated heterocycles. The molecule has 0 fully saturated rings. The van der Waals surface area contributed by atoms with E-state index in [1.165, 1.54) is 6.07 Å². The van der Waals surface area contributed by atoms with Crippen LogP contribution in [0.2, 0.25) is 0 Å². The number of aromatic nitrogens is 1. The molecule has 1 aliphatic rings. The Hall–Kier alpha value is -3.22. The fraction of sp³-hybridized carbons (Fsp3) is 0.190. The molecule has 0 bridgehead atoms. The molecule has 0 radical (unpaired) electrons. The first-order valence-electron chi connectivity index (χ1n) is 8.72. The van der Waals surface area contributed by atoms with E-state index in [0.717, 1.165) is 23.4 Å². The summed E-state index contributed by atoms with van der Waals surface area (Å²) in [7, 11) is 3.62. The molecule has 2 heterocycles. The Morgan fingerprint density at radius 3 is 2.43 bits per heavy atom. The molecule has 0 N–H and O–H groups in total. The summed E-state index contributed by atoms with van der Waals surface area (Å²) in [5.41, 5.74) is 1.97. The standard InChI is InChI=1S/C21H18F3N3O/c1-25-18-9-4-3-8-17(18)20(28)26(2)19(25)14-10-11-27(13-14)16-7-5-6-15(12-16)21(22,23)24/h3-13,19H,1-2H3/t19-/m1/s1. The predicted molar refractivity (Wildman–Crippen MR) is 100 cm³/mol. The SMILES string of the molecule is CN1C(=O)c2ccccc2N(C)[C@H]1c1ccn(-c2cccc(C(F)(F)F)c2)c1. The second kappa shape index (κ2) is 6.44. The van der Waals surface area contributed by atoms with Gasteiger partial charge in [-0.15, -0.1) is 0 Å². The average Bonchev–Trinajstić information content (AvgIpc) is 3.16. The van der Waals surface area contributed by atoms with E-state index >= 15 is 0 Å². The summed E-state index contributed by atoms with van der Waals surface area (Å²) in [4.78, 5) is 16.4. The van der Waals surface area contributed by atoms with Crippen LogP contribution in [-0.2, 0) is 6.18 Å². The summed E-state index contributed by atoms with van der Waals surface area (Å²) in [5, 5.41) is 0. The first-order valence-corrected chi connectivity index (χ1v) is 8.72. The zero-order valence-electron chi connectivity index (χ0n) is 15.3. The van der Waals surface area contributed by atoms with E-state index in [1.54, 1.807) is 41.0 Å². The Bertz CT molecular complexity index is 1040. The molecular formula is C21H18F3N3O. The van der Waals surface area contributed by atoms with Crippen LogP contribution < -0.4 is 4.90 Å². The Morgan fingerprint density at radius 2 is 1.68 bits per heavy atom. The van der Waals surface area contributed by atoms with E-state index < -0.39 is 11.7 Å². The third kappa shape index (κ3) is 2.93. The molecular weight excluding hydrogens is 367 g/mol. The van der Waals surface area contributed by atoms with Crippen LogP contribution >= 0.6 is 0 Å². The number of hydrogen-bond acceptors (Lipinski definition) is 2. The van der Waals surface area contributed by atoms with Gasteiger partial charge in [0.1, 0.15) is 6.17 Å². The van der Waals surface area contributed by atoms with Crippen molar-refractivity contribution in [2.45, 2.75) is 12.3 Å². The minimum Gasteiger partial charge on any atom is -0.350 e. The molecule has 28 heavy (non-hydrogen) atoms. The van der Waals surface area contributed by atoms with Gasteiger partial charge in [0.15, 0.2) is 0 Å². The second-order valence-electron chi connectivity index (χ2n) is 6.82. The van der Waals surface area contributed by atoms with Crippen molar-refractivity contribution in [2.75, 3.05) is 19.0 Å². The van der Waals surface area contributed by atoms with Gasteiger partial charge in [-0.05, 0) is 36.4 Å². The first-order chi connectivity index (χ1) is 13.3. The summed E-state index contributed by atoms with van der Waals surface area (Å²) >= 11 is 0. The lowest BCUT2D eigenvalue weighted by atomic mass is 10.0. The van der Waals surface area contributed by atoms with Crippen LogP contribution in [0.5, 0.6) is 0 Å². The summed E-state index contributed by atoms with van der Waals surface area (Å²) in [6, 6.07) is 14.3. The number of nitrogens with zero attached hydrogens (tertiary/aromatic N) is 3. The molecule has 1 aromatic heterocycles. The molecule has 0 unspecified atom stereocenters. The predicted octanol–water partition coefficient (Wildman–Crippen LogP) is 4.72. The molecule has 0 saturated carbocycles. The maximum absolute atomic E-state index is 13.0. The van der Waals surface area contributed by atoms with Gasteiger partial charge in [-0.3, -0.25) is 4.79 Å². The number of hydrogen-bond donors (Lipinski definition) is 0. The third-order valence-corrected chi connectivity index (χ3v) is 5.05. The van der Waals surface area contributed by atoms with E-state index in [4.69, 9.17) is 0 Å². The summed E-state index contributed by atoms with van der Waals surface area (Å²) in [5.74, 6) is -0.0921. The number of alkyl halides is 3. The normalized spacial score (nSPS) is 17.0.